The molecule has 7 heteroatoms. The van der Waals surface area contributed by atoms with Crippen LogP contribution < -0.4 is 4.72 Å². The van der Waals surface area contributed by atoms with Gasteiger partial charge in [0, 0.05) is 5.56 Å². The number of hydrogen-bond donors (Lipinski definition) is 3. The normalized spacial score (nSPS) is 11.8. The molecule has 0 aliphatic carbocycles. The number of nitrogens with one attached hydrogen (secondary N) is 1. The molecule has 0 fully saturated rings. The summed E-state index contributed by atoms with van der Waals surface area (Å²) in [6.07, 6.45) is 0. The third-order valence-corrected chi connectivity index (χ3v) is 3.87. The van der Waals surface area contributed by atoms with Gasteiger partial charge in [-0.15, -0.1) is 0 Å². The molecule has 0 atom stereocenters. The van der Waals surface area contributed by atoms with Gasteiger partial charge in [0.1, 0.15) is 0 Å². The van der Waals surface area contributed by atoms with E-state index < -0.39 is 29.3 Å². The van der Waals surface area contributed by atoms with Gasteiger partial charge < -0.3 is 10.2 Å². The van der Waals surface area contributed by atoms with E-state index in [1.54, 1.807) is 0 Å². The van der Waals surface area contributed by atoms with Crippen LogP contribution in [0, 0.1) is 0 Å². The van der Waals surface area contributed by atoms with Crippen LogP contribution in [0.2, 0.25) is 0 Å². The number of carbonyl (C=O) groups is 1. The molecule has 0 radical (unpaired) electrons. The van der Waals surface area contributed by atoms with Gasteiger partial charge in [0.05, 0.1) is 24.2 Å². The van der Waals surface area contributed by atoms with Gasteiger partial charge in [-0.1, -0.05) is 12.1 Å². The van der Waals surface area contributed by atoms with Crippen LogP contribution in [-0.2, 0) is 10.0 Å². The van der Waals surface area contributed by atoms with Crippen LogP contribution >= 0.6 is 0 Å². The summed E-state index contributed by atoms with van der Waals surface area (Å²) in [5.74, 6) is -0.157. The quantitative estimate of drug-likeness (QED) is 0.607. The van der Waals surface area contributed by atoms with Crippen molar-refractivity contribution in [3.05, 3.63) is 29.8 Å². The Kier molecular flexibility index (Phi) is 4.97. The van der Waals surface area contributed by atoms with Crippen molar-refractivity contribution in [1.82, 2.24) is 4.72 Å². The smallest absolute Gasteiger partial charge is 0.240 e. The van der Waals surface area contributed by atoms with Crippen molar-refractivity contribution >= 4 is 15.8 Å². The molecule has 3 N–H and O–H groups in total. The first-order valence-corrected chi connectivity index (χ1v) is 6.74. The second kappa shape index (κ2) is 6.05. The Morgan fingerprint density at radius 3 is 2.11 bits per heavy atom. The fourth-order valence-electron chi connectivity index (χ4n) is 1.29. The first kappa shape index (κ1) is 14.8. The van der Waals surface area contributed by atoms with E-state index in [2.05, 4.69) is 4.72 Å². The minimum absolute atomic E-state index is 0.0283. The molecule has 0 saturated carbocycles. The van der Waals surface area contributed by atoms with E-state index in [-0.39, 0.29) is 10.7 Å². The molecule has 0 spiro atoms. The average molecular weight is 273 g/mol. The van der Waals surface area contributed by atoms with E-state index in [1.165, 1.54) is 31.2 Å². The molecule has 0 amide bonds. The second-order valence-corrected chi connectivity index (χ2v) is 5.48. The Bertz CT molecular complexity index is 505. The maximum atomic E-state index is 11.8. The highest BCUT2D eigenvalue weighted by atomic mass is 32.2. The number of ketones is 1. The summed E-state index contributed by atoms with van der Waals surface area (Å²) >= 11 is 0. The average Bonchev–Trinajstić information content (AvgIpc) is 2.36. The zero-order chi connectivity index (χ0) is 13.8. The molecule has 100 valence electrons. The SMILES string of the molecule is CC(=O)c1ccc(S(=O)(=O)NC(CO)CO)cc1. The summed E-state index contributed by atoms with van der Waals surface area (Å²) in [4.78, 5) is 11.0. The van der Waals surface area contributed by atoms with Crippen molar-refractivity contribution < 1.29 is 23.4 Å². The maximum absolute atomic E-state index is 11.8. The zero-order valence-corrected chi connectivity index (χ0v) is 10.6. The van der Waals surface area contributed by atoms with Gasteiger partial charge in [-0.3, -0.25) is 4.79 Å². The molecule has 6 nitrogen and oxygen atoms in total. The first-order chi connectivity index (χ1) is 8.40. The molecule has 1 aromatic carbocycles. The molecule has 0 aliphatic heterocycles. The predicted octanol–water partition coefficient (Wildman–Crippen LogP) is -0.479. The molecule has 0 aliphatic rings. The molecule has 0 saturated heterocycles. The fraction of sp³-hybridized carbons (Fsp3) is 0.364. The summed E-state index contributed by atoms with van der Waals surface area (Å²) in [7, 11) is -3.81. The highest BCUT2D eigenvalue weighted by Crippen LogP contribution is 2.11. The minimum Gasteiger partial charge on any atom is -0.395 e. The highest BCUT2D eigenvalue weighted by Gasteiger charge is 2.19. The summed E-state index contributed by atoms with van der Waals surface area (Å²) in [5, 5.41) is 17.6. The first-order valence-electron chi connectivity index (χ1n) is 5.25. The number of hydrogen-bond acceptors (Lipinski definition) is 5. The molecule has 0 bridgehead atoms. The van der Waals surface area contributed by atoms with Crippen LogP contribution in [0.15, 0.2) is 29.2 Å². The topological polar surface area (TPSA) is 104 Å². The Balaban J connectivity index is 2.95. The Hall–Kier alpha value is -1.28. The largest absolute Gasteiger partial charge is 0.395 e. The van der Waals surface area contributed by atoms with Crippen molar-refractivity contribution in [2.75, 3.05) is 13.2 Å². The Morgan fingerprint density at radius 1 is 1.22 bits per heavy atom. The lowest BCUT2D eigenvalue weighted by Crippen LogP contribution is -2.39. The molecular formula is C11H15NO5S. The lowest BCUT2D eigenvalue weighted by atomic mass is 10.2. The van der Waals surface area contributed by atoms with Gasteiger partial charge in [-0.2, -0.15) is 0 Å². The third-order valence-electron chi connectivity index (χ3n) is 2.33. The minimum atomic E-state index is -3.81. The molecule has 0 aromatic heterocycles. The van der Waals surface area contributed by atoms with Crippen molar-refractivity contribution in [3.63, 3.8) is 0 Å². The van der Waals surface area contributed by atoms with E-state index in [1.807, 2.05) is 0 Å². The highest BCUT2D eigenvalue weighted by molar-refractivity contribution is 7.89. The Labute approximate surface area is 105 Å². The van der Waals surface area contributed by atoms with E-state index in [9.17, 15) is 13.2 Å². The zero-order valence-electron chi connectivity index (χ0n) is 9.83. The summed E-state index contributed by atoms with van der Waals surface area (Å²) in [5.41, 5.74) is 0.412. The van der Waals surface area contributed by atoms with Crippen molar-refractivity contribution in [2.24, 2.45) is 0 Å². The van der Waals surface area contributed by atoms with Crippen LogP contribution in [0.1, 0.15) is 17.3 Å². The van der Waals surface area contributed by atoms with Crippen LogP contribution in [0.4, 0.5) is 0 Å². The Morgan fingerprint density at radius 2 is 1.72 bits per heavy atom. The monoisotopic (exact) mass is 273 g/mol. The van der Waals surface area contributed by atoms with Crippen LogP contribution in [0.5, 0.6) is 0 Å². The van der Waals surface area contributed by atoms with Gasteiger partial charge in [0.25, 0.3) is 0 Å². The van der Waals surface area contributed by atoms with Crippen molar-refractivity contribution in [3.8, 4) is 0 Å². The molecule has 18 heavy (non-hydrogen) atoms. The summed E-state index contributed by atoms with van der Waals surface area (Å²) < 4.78 is 25.8. The predicted molar refractivity (Wildman–Crippen MR) is 64.7 cm³/mol. The van der Waals surface area contributed by atoms with Crippen molar-refractivity contribution in [2.45, 2.75) is 17.9 Å². The van der Waals surface area contributed by atoms with E-state index >= 15 is 0 Å². The van der Waals surface area contributed by atoms with Gasteiger partial charge >= 0.3 is 0 Å². The summed E-state index contributed by atoms with van der Waals surface area (Å²) in [6.45, 7) is 0.387. The lowest BCUT2D eigenvalue weighted by Gasteiger charge is -2.13. The van der Waals surface area contributed by atoms with Gasteiger partial charge in [0.2, 0.25) is 10.0 Å². The fourth-order valence-corrected chi connectivity index (χ4v) is 2.51. The number of rotatable bonds is 6. The second-order valence-electron chi connectivity index (χ2n) is 3.76. The van der Waals surface area contributed by atoms with E-state index in [0.717, 1.165) is 0 Å². The number of carbonyl (C=O) groups excluding carboxylic acids is 1. The van der Waals surface area contributed by atoms with Crippen LogP contribution in [-0.4, -0.2) is 43.7 Å². The number of aliphatic hydroxyl groups is 2. The molecule has 0 heterocycles. The standard InChI is InChI=1S/C11H15NO5S/c1-8(15)9-2-4-11(5-3-9)18(16,17)12-10(6-13)7-14/h2-5,10,12-14H,6-7H2,1H3. The van der Waals surface area contributed by atoms with Crippen molar-refractivity contribution in [1.29, 1.82) is 0 Å². The third kappa shape index (κ3) is 3.61. The molecular weight excluding hydrogens is 258 g/mol. The molecule has 1 aromatic rings. The van der Waals surface area contributed by atoms with Gasteiger partial charge in [-0.05, 0) is 19.1 Å². The van der Waals surface area contributed by atoms with Crippen LogP contribution in [0.3, 0.4) is 0 Å². The molecule has 0 unspecified atom stereocenters. The summed E-state index contributed by atoms with van der Waals surface area (Å²) in [6, 6.07) is 4.46. The maximum Gasteiger partial charge on any atom is 0.240 e. The number of Topliss-reactive ketones (excluding diaryl/α,β-unsaturated/α-hetero) is 1. The van der Waals surface area contributed by atoms with E-state index in [4.69, 9.17) is 10.2 Å². The number of sulfonamides is 1. The van der Waals surface area contributed by atoms with Gasteiger partial charge in [-0.25, -0.2) is 13.1 Å². The lowest BCUT2D eigenvalue weighted by molar-refractivity contribution is 0.101. The molecule has 1 rings (SSSR count). The number of aliphatic hydroxyl groups excluding tert-OH is 2. The van der Waals surface area contributed by atoms with E-state index in [0.29, 0.717) is 5.56 Å². The van der Waals surface area contributed by atoms with Gasteiger partial charge in [0.15, 0.2) is 5.78 Å². The van der Waals surface area contributed by atoms with Crippen LogP contribution in [0.25, 0.3) is 0 Å². The number of benzene rings is 1.